The second kappa shape index (κ2) is 5.27. The highest BCUT2D eigenvalue weighted by atomic mass is 16.5. The predicted octanol–water partition coefficient (Wildman–Crippen LogP) is 2.12. The zero-order chi connectivity index (χ0) is 13.1. The largest absolute Gasteiger partial charge is 0.493 e. The van der Waals surface area contributed by atoms with Crippen LogP contribution in [0.25, 0.3) is 0 Å². The molecule has 98 valence electrons. The molecule has 0 aliphatic carbocycles. The van der Waals surface area contributed by atoms with Gasteiger partial charge >= 0.3 is 0 Å². The number of methoxy groups -OCH3 is 1. The summed E-state index contributed by atoms with van der Waals surface area (Å²) in [4.78, 5) is 0. The molecule has 1 N–H and O–H groups in total. The Morgan fingerprint density at radius 3 is 2.83 bits per heavy atom. The third-order valence-electron chi connectivity index (χ3n) is 3.01. The lowest BCUT2D eigenvalue weighted by atomic mass is 10.1. The third-order valence-corrected chi connectivity index (χ3v) is 3.01. The van der Waals surface area contributed by atoms with Crippen LogP contribution in [0.15, 0.2) is 22.9 Å². The monoisotopic (exact) mass is 249 g/mol. The van der Waals surface area contributed by atoms with E-state index in [1.54, 1.807) is 19.6 Å². The van der Waals surface area contributed by atoms with Gasteiger partial charge in [0.25, 0.3) is 0 Å². The number of furan rings is 1. The van der Waals surface area contributed by atoms with Crippen LogP contribution in [0.2, 0.25) is 0 Å². The molecule has 1 unspecified atom stereocenters. The van der Waals surface area contributed by atoms with Crippen LogP contribution in [0.4, 0.5) is 0 Å². The highest BCUT2D eigenvalue weighted by Crippen LogP contribution is 2.30. The Morgan fingerprint density at radius 1 is 1.56 bits per heavy atom. The lowest BCUT2D eigenvalue weighted by Crippen LogP contribution is -2.21. The van der Waals surface area contributed by atoms with Crippen molar-refractivity contribution in [2.45, 2.75) is 26.4 Å². The van der Waals surface area contributed by atoms with E-state index in [1.165, 1.54) is 0 Å². The van der Waals surface area contributed by atoms with Crippen molar-refractivity contribution >= 4 is 0 Å². The second-order valence-corrected chi connectivity index (χ2v) is 4.13. The van der Waals surface area contributed by atoms with Crippen LogP contribution in [-0.2, 0) is 6.54 Å². The normalized spacial score (nSPS) is 12.7. The molecular formula is C13H19N3O2. The fourth-order valence-corrected chi connectivity index (χ4v) is 2.15. The van der Waals surface area contributed by atoms with Crippen LogP contribution in [0.1, 0.15) is 30.0 Å². The van der Waals surface area contributed by atoms with Crippen LogP contribution < -0.4 is 10.1 Å². The number of hydrogen-bond acceptors (Lipinski definition) is 4. The molecule has 5 heteroatoms. The second-order valence-electron chi connectivity index (χ2n) is 4.13. The lowest BCUT2D eigenvalue weighted by molar-refractivity contribution is 0.401. The van der Waals surface area contributed by atoms with E-state index in [0.717, 1.165) is 29.3 Å². The Balaban J connectivity index is 2.46. The summed E-state index contributed by atoms with van der Waals surface area (Å²) in [5.41, 5.74) is 2.09. The molecule has 0 aliphatic rings. The molecule has 0 amide bonds. The highest BCUT2D eigenvalue weighted by Gasteiger charge is 2.23. The highest BCUT2D eigenvalue weighted by molar-refractivity contribution is 5.35. The van der Waals surface area contributed by atoms with E-state index in [-0.39, 0.29) is 6.04 Å². The molecule has 0 fully saturated rings. The van der Waals surface area contributed by atoms with Gasteiger partial charge in [-0.15, -0.1) is 0 Å². The fourth-order valence-electron chi connectivity index (χ4n) is 2.15. The van der Waals surface area contributed by atoms with E-state index in [2.05, 4.69) is 17.3 Å². The Bertz CT molecular complexity index is 495. The molecule has 2 rings (SSSR count). The SMILES string of the molecule is CCn1ncc(OC)c1C(NC)c1coc(C)c1. The van der Waals surface area contributed by atoms with Gasteiger partial charge < -0.3 is 14.5 Å². The van der Waals surface area contributed by atoms with Gasteiger partial charge in [0, 0.05) is 12.1 Å². The summed E-state index contributed by atoms with van der Waals surface area (Å²) in [6, 6.07) is 2.04. The topological polar surface area (TPSA) is 52.2 Å². The van der Waals surface area contributed by atoms with Gasteiger partial charge in [-0.1, -0.05) is 0 Å². The quantitative estimate of drug-likeness (QED) is 0.882. The van der Waals surface area contributed by atoms with Gasteiger partial charge in [0.1, 0.15) is 11.5 Å². The van der Waals surface area contributed by atoms with E-state index in [1.807, 2.05) is 24.7 Å². The lowest BCUT2D eigenvalue weighted by Gasteiger charge is -2.17. The Morgan fingerprint density at radius 2 is 2.33 bits per heavy atom. The average molecular weight is 249 g/mol. The molecule has 0 radical (unpaired) electrons. The van der Waals surface area contributed by atoms with E-state index in [0.29, 0.717) is 0 Å². The number of ether oxygens (including phenoxy) is 1. The Hall–Kier alpha value is -1.75. The predicted molar refractivity (Wildman–Crippen MR) is 68.8 cm³/mol. The minimum absolute atomic E-state index is 0.0137. The van der Waals surface area contributed by atoms with Crippen LogP contribution in [0.3, 0.4) is 0 Å². The van der Waals surface area contributed by atoms with Crippen molar-refractivity contribution in [3.05, 3.63) is 35.5 Å². The van der Waals surface area contributed by atoms with Crippen molar-refractivity contribution in [2.75, 3.05) is 14.2 Å². The molecule has 2 aromatic rings. The number of nitrogens with zero attached hydrogens (tertiary/aromatic N) is 2. The molecule has 0 spiro atoms. The van der Waals surface area contributed by atoms with Crippen LogP contribution >= 0.6 is 0 Å². The van der Waals surface area contributed by atoms with Crippen molar-refractivity contribution < 1.29 is 9.15 Å². The molecule has 0 aliphatic heterocycles. The first-order valence-electron chi connectivity index (χ1n) is 6.03. The molecule has 0 saturated carbocycles. The molecule has 2 heterocycles. The van der Waals surface area contributed by atoms with Crippen molar-refractivity contribution in [1.82, 2.24) is 15.1 Å². The maximum atomic E-state index is 5.38. The van der Waals surface area contributed by atoms with E-state index in [9.17, 15) is 0 Å². The standard InChI is InChI=1S/C13H19N3O2/c1-5-16-13(11(17-4)7-15-16)12(14-3)10-6-9(2)18-8-10/h6-8,12,14H,5H2,1-4H3. The Kier molecular flexibility index (Phi) is 3.72. The smallest absolute Gasteiger partial charge is 0.161 e. The summed E-state index contributed by atoms with van der Waals surface area (Å²) in [5.74, 6) is 1.68. The molecule has 2 aromatic heterocycles. The molecular weight excluding hydrogens is 230 g/mol. The van der Waals surface area contributed by atoms with Crippen molar-refractivity contribution in [1.29, 1.82) is 0 Å². The number of hydrogen-bond donors (Lipinski definition) is 1. The maximum Gasteiger partial charge on any atom is 0.161 e. The van der Waals surface area contributed by atoms with Crippen molar-refractivity contribution in [2.24, 2.45) is 0 Å². The fraction of sp³-hybridized carbons (Fsp3) is 0.462. The van der Waals surface area contributed by atoms with Gasteiger partial charge in [-0.2, -0.15) is 5.10 Å². The minimum Gasteiger partial charge on any atom is -0.493 e. The van der Waals surface area contributed by atoms with Crippen LogP contribution in [-0.4, -0.2) is 23.9 Å². The molecule has 18 heavy (non-hydrogen) atoms. The van der Waals surface area contributed by atoms with Crippen LogP contribution in [0.5, 0.6) is 5.75 Å². The summed E-state index contributed by atoms with van der Waals surface area (Å²) in [7, 11) is 3.58. The van der Waals surface area contributed by atoms with Crippen molar-refractivity contribution in [3.63, 3.8) is 0 Å². The van der Waals surface area contributed by atoms with Crippen molar-refractivity contribution in [3.8, 4) is 5.75 Å². The molecule has 1 atom stereocenters. The zero-order valence-corrected chi connectivity index (χ0v) is 11.2. The van der Waals surface area contributed by atoms with Gasteiger partial charge in [-0.3, -0.25) is 4.68 Å². The zero-order valence-electron chi connectivity index (χ0n) is 11.2. The van der Waals surface area contributed by atoms with E-state index >= 15 is 0 Å². The Labute approximate surface area is 107 Å². The maximum absolute atomic E-state index is 5.38. The molecule has 0 saturated heterocycles. The number of aromatic nitrogens is 2. The molecule has 0 bridgehead atoms. The van der Waals surface area contributed by atoms with Crippen LogP contribution in [0, 0.1) is 6.92 Å². The third kappa shape index (κ3) is 2.13. The van der Waals surface area contributed by atoms with E-state index in [4.69, 9.17) is 9.15 Å². The summed E-state index contributed by atoms with van der Waals surface area (Å²) in [6.07, 6.45) is 3.51. The van der Waals surface area contributed by atoms with Gasteiger partial charge in [-0.25, -0.2) is 0 Å². The van der Waals surface area contributed by atoms with Gasteiger partial charge in [0.05, 0.1) is 25.6 Å². The molecule has 0 aromatic carbocycles. The first-order valence-corrected chi connectivity index (χ1v) is 6.03. The number of nitrogens with one attached hydrogen (secondary N) is 1. The van der Waals surface area contributed by atoms with Gasteiger partial charge in [0.15, 0.2) is 5.75 Å². The number of aryl methyl sites for hydroxylation is 2. The van der Waals surface area contributed by atoms with Gasteiger partial charge in [0.2, 0.25) is 0 Å². The summed E-state index contributed by atoms with van der Waals surface area (Å²) < 4.78 is 12.7. The average Bonchev–Trinajstić information content (AvgIpc) is 2.97. The summed E-state index contributed by atoms with van der Waals surface area (Å²) in [6.45, 7) is 4.79. The van der Waals surface area contributed by atoms with E-state index < -0.39 is 0 Å². The van der Waals surface area contributed by atoms with Gasteiger partial charge in [-0.05, 0) is 27.0 Å². The first kappa shape index (κ1) is 12.7. The minimum atomic E-state index is 0.0137. The molecule has 5 nitrogen and oxygen atoms in total. The summed E-state index contributed by atoms with van der Waals surface area (Å²) in [5, 5.41) is 7.61. The first-order chi connectivity index (χ1) is 8.71. The summed E-state index contributed by atoms with van der Waals surface area (Å²) >= 11 is 0. The number of rotatable bonds is 5.